The first kappa shape index (κ1) is 10.5. The maximum absolute atomic E-state index is 5.06. The number of methoxy groups -OCH3 is 1. The molecule has 0 aliphatic heterocycles. The van der Waals surface area contributed by atoms with Gasteiger partial charge in [-0.25, -0.2) is 4.98 Å². The van der Waals surface area contributed by atoms with Crippen molar-refractivity contribution in [3.05, 3.63) is 36.3 Å². The van der Waals surface area contributed by atoms with Gasteiger partial charge in [-0.3, -0.25) is 4.68 Å². The SMILES string of the molecule is COc1cccc(CNc2cnn(C)c2)n1. The van der Waals surface area contributed by atoms with Crippen LogP contribution in [0.4, 0.5) is 5.69 Å². The minimum atomic E-state index is 0.630. The third kappa shape index (κ3) is 2.50. The van der Waals surface area contributed by atoms with E-state index in [0.29, 0.717) is 12.4 Å². The second kappa shape index (κ2) is 4.65. The summed E-state index contributed by atoms with van der Waals surface area (Å²) in [4.78, 5) is 4.30. The molecule has 5 nitrogen and oxygen atoms in total. The average Bonchev–Trinajstić information content (AvgIpc) is 2.73. The predicted octanol–water partition coefficient (Wildman–Crippen LogP) is 1.44. The van der Waals surface area contributed by atoms with E-state index in [9.17, 15) is 0 Å². The molecule has 0 aliphatic carbocycles. The molecule has 0 fully saturated rings. The van der Waals surface area contributed by atoms with Crippen molar-refractivity contribution >= 4 is 5.69 Å². The van der Waals surface area contributed by atoms with Crippen molar-refractivity contribution in [2.75, 3.05) is 12.4 Å². The minimum Gasteiger partial charge on any atom is -0.481 e. The number of anilines is 1. The van der Waals surface area contributed by atoms with Gasteiger partial charge >= 0.3 is 0 Å². The van der Waals surface area contributed by atoms with E-state index in [0.717, 1.165) is 11.4 Å². The Morgan fingerprint density at radius 1 is 1.44 bits per heavy atom. The molecule has 0 bridgehead atoms. The van der Waals surface area contributed by atoms with Gasteiger partial charge in [-0.15, -0.1) is 0 Å². The predicted molar refractivity (Wildman–Crippen MR) is 61.3 cm³/mol. The van der Waals surface area contributed by atoms with E-state index >= 15 is 0 Å². The van der Waals surface area contributed by atoms with E-state index < -0.39 is 0 Å². The van der Waals surface area contributed by atoms with Crippen LogP contribution in [0.25, 0.3) is 0 Å². The normalized spacial score (nSPS) is 10.1. The molecule has 1 N–H and O–H groups in total. The molecule has 2 heterocycles. The van der Waals surface area contributed by atoms with Crippen LogP contribution < -0.4 is 10.1 Å². The van der Waals surface area contributed by atoms with Gasteiger partial charge in [0.1, 0.15) is 0 Å². The van der Waals surface area contributed by atoms with Gasteiger partial charge < -0.3 is 10.1 Å². The lowest BCUT2D eigenvalue weighted by molar-refractivity contribution is 0.396. The first-order chi connectivity index (χ1) is 7.78. The molecule has 2 aromatic heterocycles. The molecular formula is C11H14N4O. The fourth-order valence-electron chi connectivity index (χ4n) is 1.37. The second-order valence-corrected chi connectivity index (χ2v) is 3.43. The van der Waals surface area contributed by atoms with Gasteiger partial charge in [0, 0.05) is 19.3 Å². The number of ether oxygens (including phenoxy) is 1. The molecule has 5 heteroatoms. The average molecular weight is 218 g/mol. The maximum Gasteiger partial charge on any atom is 0.213 e. The lowest BCUT2D eigenvalue weighted by Crippen LogP contribution is -2.01. The summed E-state index contributed by atoms with van der Waals surface area (Å²) in [5, 5.41) is 7.30. The lowest BCUT2D eigenvalue weighted by atomic mass is 10.3. The van der Waals surface area contributed by atoms with Gasteiger partial charge in [0.25, 0.3) is 0 Å². The van der Waals surface area contributed by atoms with Crippen LogP contribution in [0.2, 0.25) is 0 Å². The van der Waals surface area contributed by atoms with Crippen LogP contribution in [-0.4, -0.2) is 21.9 Å². The monoisotopic (exact) mass is 218 g/mol. The zero-order valence-corrected chi connectivity index (χ0v) is 9.34. The number of nitrogens with one attached hydrogen (secondary N) is 1. The van der Waals surface area contributed by atoms with Crippen LogP contribution in [-0.2, 0) is 13.6 Å². The smallest absolute Gasteiger partial charge is 0.213 e. The van der Waals surface area contributed by atoms with Gasteiger partial charge in [-0.2, -0.15) is 5.10 Å². The third-order valence-electron chi connectivity index (χ3n) is 2.17. The van der Waals surface area contributed by atoms with Crippen LogP contribution in [0.1, 0.15) is 5.69 Å². The highest BCUT2D eigenvalue weighted by Crippen LogP contribution is 2.09. The lowest BCUT2D eigenvalue weighted by Gasteiger charge is -2.04. The maximum atomic E-state index is 5.06. The summed E-state index contributed by atoms with van der Waals surface area (Å²) in [7, 11) is 3.50. The van der Waals surface area contributed by atoms with E-state index in [4.69, 9.17) is 4.74 Å². The minimum absolute atomic E-state index is 0.630. The molecule has 0 spiro atoms. The van der Waals surface area contributed by atoms with Crippen molar-refractivity contribution in [3.8, 4) is 5.88 Å². The molecule has 2 aromatic rings. The zero-order valence-electron chi connectivity index (χ0n) is 9.34. The van der Waals surface area contributed by atoms with Crippen LogP contribution in [0.15, 0.2) is 30.6 Å². The van der Waals surface area contributed by atoms with E-state index in [-0.39, 0.29) is 0 Å². The van der Waals surface area contributed by atoms with Crippen molar-refractivity contribution in [1.29, 1.82) is 0 Å². The van der Waals surface area contributed by atoms with Gasteiger partial charge in [0.2, 0.25) is 5.88 Å². The van der Waals surface area contributed by atoms with Crippen LogP contribution in [0.5, 0.6) is 5.88 Å². The number of hydrogen-bond acceptors (Lipinski definition) is 4. The zero-order chi connectivity index (χ0) is 11.4. The second-order valence-electron chi connectivity index (χ2n) is 3.43. The molecule has 2 rings (SSSR count). The Morgan fingerprint density at radius 3 is 3.00 bits per heavy atom. The van der Waals surface area contributed by atoms with Crippen molar-refractivity contribution in [1.82, 2.24) is 14.8 Å². The number of pyridine rings is 1. The molecule has 0 aromatic carbocycles. The number of rotatable bonds is 4. The molecule has 84 valence electrons. The van der Waals surface area contributed by atoms with E-state index in [2.05, 4.69) is 15.4 Å². The Morgan fingerprint density at radius 2 is 2.31 bits per heavy atom. The number of nitrogens with zero attached hydrogens (tertiary/aromatic N) is 3. The Bertz CT molecular complexity index is 467. The molecule has 0 amide bonds. The van der Waals surface area contributed by atoms with Gasteiger partial charge in [-0.1, -0.05) is 6.07 Å². The summed E-state index contributed by atoms with van der Waals surface area (Å²) in [6.45, 7) is 0.656. The van der Waals surface area contributed by atoms with Crippen LogP contribution in [0.3, 0.4) is 0 Å². The fourth-order valence-corrected chi connectivity index (χ4v) is 1.37. The molecule has 0 saturated carbocycles. The summed E-state index contributed by atoms with van der Waals surface area (Å²) in [5.74, 6) is 0.630. The standard InChI is InChI=1S/C11H14N4O/c1-15-8-10(7-13-15)12-6-9-4-3-5-11(14-9)16-2/h3-5,7-8,12H,6H2,1-2H3. The van der Waals surface area contributed by atoms with Gasteiger partial charge in [0.15, 0.2) is 0 Å². The van der Waals surface area contributed by atoms with Crippen molar-refractivity contribution in [3.63, 3.8) is 0 Å². The highest BCUT2D eigenvalue weighted by atomic mass is 16.5. The van der Waals surface area contributed by atoms with E-state index in [1.807, 2.05) is 31.4 Å². The molecular weight excluding hydrogens is 204 g/mol. The number of aromatic nitrogens is 3. The first-order valence-corrected chi connectivity index (χ1v) is 5.00. The number of hydrogen-bond donors (Lipinski definition) is 1. The Labute approximate surface area is 94.1 Å². The molecule has 0 radical (unpaired) electrons. The van der Waals surface area contributed by atoms with Crippen molar-refractivity contribution in [2.45, 2.75) is 6.54 Å². The Hall–Kier alpha value is -2.04. The Balaban J connectivity index is 1.99. The van der Waals surface area contributed by atoms with E-state index in [1.165, 1.54) is 0 Å². The molecule has 0 aliphatic rings. The molecule has 16 heavy (non-hydrogen) atoms. The van der Waals surface area contributed by atoms with E-state index in [1.54, 1.807) is 18.0 Å². The quantitative estimate of drug-likeness (QED) is 0.843. The van der Waals surface area contributed by atoms with Gasteiger partial charge in [0.05, 0.1) is 31.2 Å². The summed E-state index contributed by atoms with van der Waals surface area (Å²) in [6.07, 6.45) is 3.69. The molecule has 0 unspecified atom stereocenters. The summed E-state index contributed by atoms with van der Waals surface area (Å²) in [6, 6.07) is 5.70. The topological polar surface area (TPSA) is 52.0 Å². The van der Waals surface area contributed by atoms with Crippen molar-refractivity contribution in [2.24, 2.45) is 7.05 Å². The van der Waals surface area contributed by atoms with Crippen molar-refractivity contribution < 1.29 is 4.74 Å². The fraction of sp³-hybridized carbons (Fsp3) is 0.273. The summed E-state index contributed by atoms with van der Waals surface area (Å²) >= 11 is 0. The molecule has 0 saturated heterocycles. The summed E-state index contributed by atoms with van der Waals surface area (Å²) < 4.78 is 6.81. The summed E-state index contributed by atoms with van der Waals surface area (Å²) in [5.41, 5.74) is 1.91. The largest absolute Gasteiger partial charge is 0.481 e. The van der Waals surface area contributed by atoms with Crippen LogP contribution in [0, 0.1) is 0 Å². The third-order valence-corrected chi connectivity index (χ3v) is 2.17. The number of aryl methyl sites for hydroxylation is 1. The highest BCUT2D eigenvalue weighted by Gasteiger charge is 1.99. The Kier molecular flexibility index (Phi) is 3.05. The first-order valence-electron chi connectivity index (χ1n) is 5.00. The van der Waals surface area contributed by atoms with Gasteiger partial charge in [-0.05, 0) is 6.07 Å². The van der Waals surface area contributed by atoms with Crippen LogP contribution >= 0.6 is 0 Å². The highest BCUT2D eigenvalue weighted by molar-refractivity contribution is 5.38. The molecule has 0 atom stereocenters.